The summed E-state index contributed by atoms with van der Waals surface area (Å²) in [5.74, 6) is -2.82. The lowest BCUT2D eigenvalue weighted by Gasteiger charge is -1.99. The summed E-state index contributed by atoms with van der Waals surface area (Å²) in [5.41, 5.74) is 0.912. The van der Waals surface area contributed by atoms with Crippen LogP contribution in [0.2, 0.25) is 0 Å². The van der Waals surface area contributed by atoms with Gasteiger partial charge in [-0.25, -0.2) is 9.18 Å². The molecule has 0 amide bonds. The Morgan fingerprint density at radius 3 is 2.19 bits per heavy atom. The van der Waals surface area contributed by atoms with Gasteiger partial charge < -0.3 is 10.2 Å². The molecule has 2 N–H and O–H groups in total. The van der Waals surface area contributed by atoms with E-state index in [1.54, 1.807) is 12.1 Å². The molecule has 0 radical (unpaired) electrons. The number of allylic oxidation sites excluding steroid dienone is 1. The van der Waals surface area contributed by atoms with Crippen molar-refractivity contribution in [3.8, 4) is 5.75 Å². The minimum Gasteiger partial charge on any atom is -0.505 e. The number of phenolic OH excluding ortho intramolecular Hbond substituents is 1. The smallest absolute Gasteiger partial charge is 0.335 e. The maximum Gasteiger partial charge on any atom is 0.335 e. The molecule has 0 spiro atoms. The number of carbonyl (C=O) groups is 2. The third-order valence-corrected chi connectivity index (χ3v) is 2.82. The van der Waals surface area contributed by atoms with E-state index in [4.69, 9.17) is 10.2 Å². The zero-order valence-electron chi connectivity index (χ0n) is 10.8. The minimum absolute atomic E-state index is 0.115. The Bertz CT molecular complexity index is 718. The Balaban J connectivity index is 2.14. The van der Waals surface area contributed by atoms with Crippen LogP contribution in [0.15, 0.2) is 48.5 Å². The molecule has 0 aliphatic heterocycles. The zero-order valence-corrected chi connectivity index (χ0v) is 10.8. The van der Waals surface area contributed by atoms with Crippen LogP contribution in [0.5, 0.6) is 5.75 Å². The second-order valence-electron chi connectivity index (χ2n) is 4.29. The molecule has 0 heterocycles. The van der Waals surface area contributed by atoms with Gasteiger partial charge in [0.1, 0.15) is 0 Å². The molecular weight excluding hydrogens is 275 g/mol. The highest BCUT2D eigenvalue weighted by atomic mass is 19.1. The van der Waals surface area contributed by atoms with Crippen LogP contribution in [-0.2, 0) is 0 Å². The Labute approximate surface area is 119 Å². The molecule has 106 valence electrons. The Kier molecular flexibility index (Phi) is 4.13. The molecule has 2 aromatic rings. The summed E-state index contributed by atoms with van der Waals surface area (Å²) >= 11 is 0. The predicted octanol–water partition coefficient (Wildman–Crippen LogP) is 3.13. The van der Waals surface area contributed by atoms with E-state index in [1.807, 2.05) is 0 Å². The lowest BCUT2D eigenvalue weighted by molar-refractivity contribution is 0.0696. The van der Waals surface area contributed by atoms with E-state index in [2.05, 4.69) is 0 Å². The first-order chi connectivity index (χ1) is 9.97. The van der Waals surface area contributed by atoms with Gasteiger partial charge in [-0.3, -0.25) is 4.79 Å². The number of carboxylic acids is 1. The fraction of sp³-hybridized carbons (Fsp3) is 0. The van der Waals surface area contributed by atoms with Gasteiger partial charge in [0.2, 0.25) is 0 Å². The van der Waals surface area contributed by atoms with Crippen LogP contribution in [0.25, 0.3) is 6.08 Å². The summed E-state index contributed by atoms with van der Waals surface area (Å²) in [6.45, 7) is 0. The summed E-state index contributed by atoms with van der Waals surface area (Å²) in [5, 5.41) is 17.8. The Morgan fingerprint density at radius 2 is 1.62 bits per heavy atom. The van der Waals surface area contributed by atoms with E-state index in [-0.39, 0.29) is 11.1 Å². The number of ketones is 1. The van der Waals surface area contributed by atoms with Crippen LogP contribution in [0.4, 0.5) is 4.39 Å². The Morgan fingerprint density at radius 1 is 1.00 bits per heavy atom. The van der Waals surface area contributed by atoms with Crippen LogP contribution >= 0.6 is 0 Å². The molecule has 0 aliphatic rings. The molecular formula is C16H11FO4. The fourth-order valence-electron chi connectivity index (χ4n) is 1.67. The van der Waals surface area contributed by atoms with E-state index in [0.29, 0.717) is 5.56 Å². The van der Waals surface area contributed by atoms with Gasteiger partial charge in [0.15, 0.2) is 17.3 Å². The van der Waals surface area contributed by atoms with Crippen molar-refractivity contribution in [1.82, 2.24) is 0 Å². The molecule has 5 heteroatoms. The van der Waals surface area contributed by atoms with Crippen LogP contribution in [0.1, 0.15) is 26.3 Å². The highest BCUT2D eigenvalue weighted by Crippen LogP contribution is 2.17. The minimum atomic E-state index is -1.03. The summed E-state index contributed by atoms with van der Waals surface area (Å²) in [6.07, 6.45) is 2.75. The molecule has 0 aromatic heterocycles. The summed E-state index contributed by atoms with van der Waals surface area (Å²) in [4.78, 5) is 22.5. The van der Waals surface area contributed by atoms with Gasteiger partial charge in [-0.1, -0.05) is 18.2 Å². The topological polar surface area (TPSA) is 74.6 Å². The first-order valence-electron chi connectivity index (χ1n) is 6.01. The number of benzene rings is 2. The van der Waals surface area contributed by atoms with Crippen LogP contribution in [0.3, 0.4) is 0 Å². The number of phenols is 1. The molecule has 0 bridgehead atoms. The summed E-state index contributed by atoms with van der Waals surface area (Å²) in [6, 6.07) is 9.35. The molecule has 0 unspecified atom stereocenters. The van der Waals surface area contributed by atoms with Crippen molar-refractivity contribution in [1.29, 1.82) is 0 Å². The number of aromatic carboxylic acids is 1. The summed E-state index contributed by atoms with van der Waals surface area (Å²) in [7, 11) is 0. The van der Waals surface area contributed by atoms with Crippen LogP contribution < -0.4 is 0 Å². The lowest BCUT2D eigenvalue weighted by Crippen LogP contribution is -1.96. The van der Waals surface area contributed by atoms with Gasteiger partial charge in [-0.15, -0.1) is 0 Å². The van der Waals surface area contributed by atoms with Crippen molar-refractivity contribution in [3.63, 3.8) is 0 Å². The maximum atomic E-state index is 13.1. The molecule has 0 fully saturated rings. The van der Waals surface area contributed by atoms with Gasteiger partial charge >= 0.3 is 5.97 Å². The average molecular weight is 286 g/mol. The molecule has 0 saturated carbocycles. The first-order valence-corrected chi connectivity index (χ1v) is 6.01. The number of halogens is 1. The third-order valence-electron chi connectivity index (χ3n) is 2.82. The zero-order chi connectivity index (χ0) is 15.4. The van der Waals surface area contributed by atoms with Gasteiger partial charge in [0.05, 0.1) is 5.56 Å². The van der Waals surface area contributed by atoms with E-state index < -0.39 is 23.3 Å². The normalized spacial score (nSPS) is 10.7. The third kappa shape index (κ3) is 3.54. The quantitative estimate of drug-likeness (QED) is 0.669. The molecule has 0 aliphatic carbocycles. The van der Waals surface area contributed by atoms with Crippen molar-refractivity contribution in [2.24, 2.45) is 0 Å². The number of hydrogen-bond acceptors (Lipinski definition) is 3. The molecule has 21 heavy (non-hydrogen) atoms. The monoisotopic (exact) mass is 286 g/mol. The van der Waals surface area contributed by atoms with E-state index in [0.717, 1.165) is 12.1 Å². The number of hydrogen-bond donors (Lipinski definition) is 2. The van der Waals surface area contributed by atoms with Crippen molar-refractivity contribution < 1.29 is 24.2 Å². The second kappa shape index (κ2) is 6.00. The van der Waals surface area contributed by atoms with Gasteiger partial charge in [0.25, 0.3) is 0 Å². The fourth-order valence-corrected chi connectivity index (χ4v) is 1.67. The SMILES string of the molecule is O=C(O)c1ccc(/C=C/C(=O)c2ccc(O)c(F)c2)cc1. The van der Waals surface area contributed by atoms with Crippen molar-refractivity contribution in [2.75, 3.05) is 0 Å². The standard InChI is InChI=1S/C16H11FO4/c17-13-9-12(6-8-15(13)19)14(18)7-3-10-1-4-11(5-2-10)16(20)21/h1-9,19H,(H,20,21)/b7-3+. The molecule has 4 nitrogen and oxygen atoms in total. The van der Waals surface area contributed by atoms with Gasteiger partial charge in [-0.2, -0.15) is 0 Å². The highest BCUT2D eigenvalue weighted by Gasteiger charge is 2.06. The van der Waals surface area contributed by atoms with Crippen LogP contribution in [-0.4, -0.2) is 22.0 Å². The molecule has 0 saturated heterocycles. The molecule has 2 aromatic carbocycles. The van der Waals surface area contributed by atoms with Gasteiger partial charge in [-0.05, 0) is 42.0 Å². The summed E-state index contributed by atoms with van der Waals surface area (Å²) < 4.78 is 13.1. The number of carboxylic acid groups (broad SMARTS) is 1. The molecule has 2 rings (SSSR count). The van der Waals surface area contributed by atoms with Crippen molar-refractivity contribution in [3.05, 3.63) is 71.0 Å². The van der Waals surface area contributed by atoms with Gasteiger partial charge in [0, 0.05) is 5.56 Å². The maximum absolute atomic E-state index is 13.1. The lowest BCUT2D eigenvalue weighted by atomic mass is 10.1. The highest BCUT2D eigenvalue weighted by molar-refractivity contribution is 6.06. The molecule has 0 atom stereocenters. The largest absolute Gasteiger partial charge is 0.505 e. The van der Waals surface area contributed by atoms with E-state index >= 15 is 0 Å². The first kappa shape index (κ1) is 14.5. The second-order valence-corrected chi connectivity index (χ2v) is 4.29. The van der Waals surface area contributed by atoms with E-state index in [9.17, 15) is 14.0 Å². The van der Waals surface area contributed by atoms with Crippen molar-refractivity contribution in [2.45, 2.75) is 0 Å². The average Bonchev–Trinajstić information content (AvgIpc) is 2.48. The van der Waals surface area contributed by atoms with Crippen molar-refractivity contribution >= 4 is 17.8 Å². The number of aromatic hydroxyl groups is 1. The number of carbonyl (C=O) groups excluding carboxylic acids is 1. The Hall–Kier alpha value is -2.95. The predicted molar refractivity (Wildman–Crippen MR) is 74.8 cm³/mol. The number of rotatable bonds is 4. The van der Waals surface area contributed by atoms with E-state index in [1.165, 1.54) is 30.4 Å². The van der Waals surface area contributed by atoms with Crippen LogP contribution in [0, 0.1) is 5.82 Å².